The topological polar surface area (TPSA) is 29.5 Å². The predicted octanol–water partition coefficient (Wildman–Crippen LogP) is 2.03. The van der Waals surface area contributed by atoms with E-state index in [9.17, 15) is 4.79 Å². The summed E-state index contributed by atoms with van der Waals surface area (Å²) >= 11 is 0. The summed E-state index contributed by atoms with van der Waals surface area (Å²) in [7, 11) is 0. The second kappa shape index (κ2) is 6.19. The van der Waals surface area contributed by atoms with Crippen LogP contribution < -0.4 is 0 Å². The molecule has 1 aromatic carbocycles. The Hall–Kier alpha value is -1.35. The lowest BCUT2D eigenvalue weighted by molar-refractivity contribution is -0.142. The van der Waals surface area contributed by atoms with E-state index in [-0.39, 0.29) is 6.23 Å². The summed E-state index contributed by atoms with van der Waals surface area (Å²) in [5.74, 6) is 0. The fraction of sp³-hybridized carbons (Fsp3) is 0.417. The Morgan fingerprint density at radius 1 is 1.40 bits per heavy atom. The molecule has 82 valence electrons. The molecule has 0 fully saturated rings. The zero-order chi connectivity index (χ0) is 11.1. The highest BCUT2D eigenvalue weighted by molar-refractivity contribution is 5.37. The van der Waals surface area contributed by atoms with Gasteiger partial charge in [-0.1, -0.05) is 37.3 Å². The molecule has 0 N–H and O–H groups in total. The minimum atomic E-state index is -0.173. The highest BCUT2D eigenvalue weighted by Crippen LogP contribution is 2.07. The van der Waals surface area contributed by atoms with E-state index in [1.807, 2.05) is 32.0 Å². The molecule has 0 saturated carbocycles. The standard InChI is InChI=1S/C12H17NO2/c1-3-13(11(2)15-10-14)9-12-7-5-4-6-8-12/h4-8,10-11H,3,9H2,1-2H3. The van der Waals surface area contributed by atoms with Gasteiger partial charge >= 0.3 is 0 Å². The zero-order valence-corrected chi connectivity index (χ0v) is 9.22. The maximum absolute atomic E-state index is 10.2. The van der Waals surface area contributed by atoms with Crippen molar-refractivity contribution < 1.29 is 9.53 Å². The van der Waals surface area contributed by atoms with Gasteiger partial charge in [0.15, 0.2) is 6.23 Å². The van der Waals surface area contributed by atoms with E-state index in [2.05, 4.69) is 17.0 Å². The molecule has 1 atom stereocenters. The Morgan fingerprint density at radius 3 is 2.60 bits per heavy atom. The number of ether oxygens (including phenoxy) is 1. The summed E-state index contributed by atoms with van der Waals surface area (Å²) in [6, 6.07) is 10.1. The summed E-state index contributed by atoms with van der Waals surface area (Å²) in [6.45, 7) is 6.07. The van der Waals surface area contributed by atoms with Crippen LogP contribution in [0.1, 0.15) is 19.4 Å². The first kappa shape index (κ1) is 11.7. The monoisotopic (exact) mass is 207 g/mol. The van der Waals surface area contributed by atoms with E-state index in [4.69, 9.17) is 4.74 Å². The second-order valence-corrected chi connectivity index (χ2v) is 3.38. The van der Waals surface area contributed by atoms with Gasteiger partial charge < -0.3 is 4.74 Å². The molecule has 1 rings (SSSR count). The van der Waals surface area contributed by atoms with Crippen LogP contribution in [0.2, 0.25) is 0 Å². The molecule has 0 aliphatic carbocycles. The molecule has 1 unspecified atom stereocenters. The fourth-order valence-corrected chi connectivity index (χ4v) is 1.48. The third-order valence-electron chi connectivity index (χ3n) is 2.40. The van der Waals surface area contributed by atoms with Crippen molar-refractivity contribution in [1.82, 2.24) is 4.90 Å². The largest absolute Gasteiger partial charge is 0.449 e. The van der Waals surface area contributed by atoms with Crippen molar-refractivity contribution in [2.24, 2.45) is 0 Å². The quantitative estimate of drug-likeness (QED) is 0.528. The van der Waals surface area contributed by atoms with Crippen LogP contribution in [-0.2, 0) is 16.1 Å². The SMILES string of the molecule is CCN(Cc1ccccc1)C(C)OC=O. The first-order valence-corrected chi connectivity index (χ1v) is 5.15. The van der Waals surface area contributed by atoms with Crippen molar-refractivity contribution in [3.63, 3.8) is 0 Å². The third kappa shape index (κ3) is 3.72. The van der Waals surface area contributed by atoms with Crippen LogP contribution in [0, 0.1) is 0 Å². The summed E-state index contributed by atoms with van der Waals surface area (Å²) in [6.07, 6.45) is -0.173. The van der Waals surface area contributed by atoms with Crippen LogP contribution in [0.25, 0.3) is 0 Å². The van der Waals surface area contributed by atoms with Crippen molar-refractivity contribution in [3.8, 4) is 0 Å². The highest BCUT2D eigenvalue weighted by atomic mass is 16.5. The van der Waals surface area contributed by atoms with Gasteiger partial charge in [-0.3, -0.25) is 9.69 Å². The van der Waals surface area contributed by atoms with Crippen molar-refractivity contribution in [2.45, 2.75) is 26.6 Å². The fourth-order valence-electron chi connectivity index (χ4n) is 1.48. The van der Waals surface area contributed by atoms with Crippen LogP contribution in [0.4, 0.5) is 0 Å². The molecule has 3 heteroatoms. The molecule has 0 aliphatic heterocycles. The van der Waals surface area contributed by atoms with E-state index >= 15 is 0 Å². The van der Waals surface area contributed by atoms with E-state index < -0.39 is 0 Å². The van der Waals surface area contributed by atoms with E-state index in [0.717, 1.165) is 13.1 Å². The molecule has 3 nitrogen and oxygen atoms in total. The number of hydrogen-bond acceptors (Lipinski definition) is 3. The lowest BCUT2D eigenvalue weighted by Crippen LogP contribution is -2.34. The molecule has 0 aliphatic rings. The molecule has 15 heavy (non-hydrogen) atoms. The van der Waals surface area contributed by atoms with Gasteiger partial charge in [0.25, 0.3) is 6.47 Å². The molecule has 0 amide bonds. The first-order chi connectivity index (χ1) is 7.27. The summed E-state index contributed by atoms with van der Waals surface area (Å²) in [5.41, 5.74) is 1.22. The smallest absolute Gasteiger partial charge is 0.294 e. The predicted molar refractivity (Wildman–Crippen MR) is 59.1 cm³/mol. The molecule has 0 bridgehead atoms. The van der Waals surface area contributed by atoms with Gasteiger partial charge in [-0.25, -0.2) is 0 Å². The van der Waals surface area contributed by atoms with Crippen LogP contribution in [-0.4, -0.2) is 24.1 Å². The first-order valence-electron chi connectivity index (χ1n) is 5.15. The Morgan fingerprint density at radius 2 is 2.07 bits per heavy atom. The van der Waals surface area contributed by atoms with Crippen LogP contribution >= 0.6 is 0 Å². The molecule has 0 aromatic heterocycles. The van der Waals surface area contributed by atoms with Gasteiger partial charge in [-0.15, -0.1) is 0 Å². The number of nitrogens with zero attached hydrogens (tertiary/aromatic N) is 1. The number of hydrogen-bond donors (Lipinski definition) is 0. The second-order valence-electron chi connectivity index (χ2n) is 3.38. The van der Waals surface area contributed by atoms with Crippen LogP contribution in [0.5, 0.6) is 0 Å². The Balaban J connectivity index is 2.57. The number of benzene rings is 1. The van der Waals surface area contributed by atoms with Gasteiger partial charge in [0.1, 0.15) is 0 Å². The van der Waals surface area contributed by atoms with Gasteiger partial charge in [0.05, 0.1) is 0 Å². The molecule has 1 aromatic rings. The van der Waals surface area contributed by atoms with Crippen molar-refractivity contribution in [1.29, 1.82) is 0 Å². The highest BCUT2D eigenvalue weighted by Gasteiger charge is 2.12. The minimum Gasteiger partial charge on any atom is -0.449 e. The van der Waals surface area contributed by atoms with Gasteiger partial charge in [0.2, 0.25) is 0 Å². The summed E-state index contributed by atoms with van der Waals surface area (Å²) in [4.78, 5) is 12.3. The Labute approximate surface area is 90.7 Å². The third-order valence-corrected chi connectivity index (χ3v) is 2.40. The summed E-state index contributed by atoms with van der Waals surface area (Å²) in [5, 5.41) is 0. The average molecular weight is 207 g/mol. The molecule has 0 heterocycles. The van der Waals surface area contributed by atoms with Crippen LogP contribution in [0.3, 0.4) is 0 Å². The van der Waals surface area contributed by atoms with E-state index in [1.165, 1.54) is 5.56 Å². The molecule has 0 radical (unpaired) electrons. The van der Waals surface area contributed by atoms with Gasteiger partial charge in [-0.2, -0.15) is 0 Å². The number of rotatable bonds is 6. The zero-order valence-electron chi connectivity index (χ0n) is 9.22. The number of carbonyl (C=O) groups excluding carboxylic acids is 1. The van der Waals surface area contributed by atoms with Gasteiger partial charge in [-0.05, 0) is 19.0 Å². The molecular formula is C12H17NO2. The van der Waals surface area contributed by atoms with Gasteiger partial charge in [0, 0.05) is 6.54 Å². The Kier molecular flexibility index (Phi) is 4.84. The van der Waals surface area contributed by atoms with Crippen molar-refractivity contribution in [2.75, 3.05) is 6.54 Å². The molecular weight excluding hydrogens is 190 g/mol. The van der Waals surface area contributed by atoms with E-state index in [1.54, 1.807) is 0 Å². The number of carbonyl (C=O) groups is 1. The molecule has 0 saturated heterocycles. The maximum Gasteiger partial charge on any atom is 0.294 e. The molecule has 0 spiro atoms. The van der Waals surface area contributed by atoms with Crippen LogP contribution in [0.15, 0.2) is 30.3 Å². The minimum absolute atomic E-state index is 0.173. The lowest BCUT2D eigenvalue weighted by Gasteiger charge is -2.25. The normalized spacial score (nSPS) is 12.5. The van der Waals surface area contributed by atoms with Crippen molar-refractivity contribution >= 4 is 6.47 Å². The van der Waals surface area contributed by atoms with Crippen molar-refractivity contribution in [3.05, 3.63) is 35.9 Å². The van der Waals surface area contributed by atoms with E-state index in [0.29, 0.717) is 6.47 Å². The lowest BCUT2D eigenvalue weighted by atomic mass is 10.2. The average Bonchev–Trinajstić information content (AvgIpc) is 2.27. The summed E-state index contributed by atoms with van der Waals surface area (Å²) < 4.78 is 4.91. The maximum atomic E-state index is 10.2. The Bertz CT molecular complexity index is 287.